The van der Waals surface area contributed by atoms with Crippen LogP contribution < -0.4 is 0 Å². The molecule has 1 aromatic heterocycles. The van der Waals surface area contributed by atoms with Gasteiger partial charge in [-0.3, -0.25) is 4.79 Å². The largest absolute Gasteiger partial charge is 0.480 e. The molecule has 98 valence electrons. The number of aliphatic hydroxyl groups is 1. The Bertz CT molecular complexity index is 504. The van der Waals surface area contributed by atoms with Gasteiger partial charge in [-0.25, -0.2) is 4.79 Å². The van der Waals surface area contributed by atoms with Crippen LogP contribution in [0.1, 0.15) is 16.8 Å². The van der Waals surface area contributed by atoms with Crippen molar-refractivity contribution in [2.45, 2.75) is 18.6 Å². The number of aliphatic hydroxyl groups excluding tert-OH is 1. The van der Waals surface area contributed by atoms with Gasteiger partial charge in [-0.05, 0) is 37.9 Å². The second kappa shape index (κ2) is 5.28. The first-order valence-corrected chi connectivity index (χ1v) is 7.47. The van der Waals surface area contributed by atoms with Crippen LogP contribution in [0.25, 0.3) is 0 Å². The summed E-state index contributed by atoms with van der Waals surface area (Å²) in [5.74, 6) is -1.47. The number of thiophene rings is 1. The van der Waals surface area contributed by atoms with Crippen molar-refractivity contribution in [2.75, 3.05) is 6.54 Å². The summed E-state index contributed by atoms with van der Waals surface area (Å²) < 4.78 is 1.43. The molecular formula is C10H9Br2NO4S. The molecule has 5 nitrogen and oxygen atoms in total. The SMILES string of the molecule is O=C(O)[C@H]1C[C@@H](O)CN1C(=O)c1cc(Br)sc1Br. The molecule has 2 heterocycles. The minimum Gasteiger partial charge on any atom is -0.480 e. The third kappa shape index (κ3) is 2.61. The molecule has 0 bridgehead atoms. The molecule has 0 spiro atoms. The average Bonchev–Trinajstić information content (AvgIpc) is 2.81. The minimum absolute atomic E-state index is 0.0513. The number of halogens is 2. The quantitative estimate of drug-likeness (QED) is 0.797. The fraction of sp³-hybridized carbons (Fsp3) is 0.400. The van der Waals surface area contributed by atoms with E-state index in [1.54, 1.807) is 6.07 Å². The number of hydrogen-bond donors (Lipinski definition) is 2. The number of aliphatic carboxylic acids is 1. The molecule has 0 aromatic carbocycles. The predicted octanol–water partition coefficient (Wildman–Crippen LogP) is 1.93. The minimum atomic E-state index is -1.09. The molecule has 1 fully saturated rings. The maximum absolute atomic E-state index is 12.2. The number of nitrogens with zero attached hydrogens (tertiary/aromatic N) is 1. The van der Waals surface area contributed by atoms with E-state index in [1.165, 1.54) is 16.2 Å². The highest BCUT2D eigenvalue weighted by molar-refractivity contribution is 9.12. The number of carbonyl (C=O) groups excluding carboxylic acids is 1. The smallest absolute Gasteiger partial charge is 0.326 e. The zero-order chi connectivity index (χ0) is 13.4. The molecule has 0 unspecified atom stereocenters. The van der Waals surface area contributed by atoms with E-state index in [0.717, 1.165) is 3.79 Å². The van der Waals surface area contributed by atoms with E-state index in [9.17, 15) is 14.7 Å². The lowest BCUT2D eigenvalue weighted by atomic mass is 10.2. The summed E-state index contributed by atoms with van der Waals surface area (Å²) in [6.07, 6.45) is -0.708. The summed E-state index contributed by atoms with van der Waals surface area (Å²) in [5.41, 5.74) is 0.409. The molecular weight excluding hydrogens is 390 g/mol. The van der Waals surface area contributed by atoms with E-state index in [-0.39, 0.29) is 18.9 Å². The number of carboxylic acid groups (broad SMARTS) is 1. The van der Waals surface area contributed by atoms with Crippen molar-refractivity contribution in [2.24, 2.45) is 0 Å². The standard InChI is InChI=1S/C10H9Br2NO4S/c11-7-2-5(8(12)18-7)9(15)13-3-4(14)1-6(13)10(16)17/h2,4,6,14H,1,3H2,(H,16,17)/t4-,6-/m1/s1. The second-order valence-corrected chi connectivity index (χ2v) is 7.69. The number of likely N-dealkylation sites (tertiary alicyclic amines) is 1. The number of rotatable bonds is 2. The van der Waals surface area contributed by atoms with Gasteiger partial charge < -0.3 is 15.1 Å². The van der Waals surface area contributed by atoms with Crippen LogP contribution in [0.3, 0.4) is 0 Å². The van der Waals surface area contributed by atoms with Crippen LogP contribution in [0.2, 0.25) is 0 Å². The first kappa shape index (κ1) is 14.0. The van der Waals surface area contributed by atoms with Crippen molar-refractivity contribution in [3.05, 3.63) is 19.2 Å². The van der Waals surface area contributed by atoms with Crippen molar-refractivity contribution in [3.8, 4) is 0 Å². The molecule has 0 aliphatic carbocycles. The zero-order valence-electron chi connectivity index (χ0n) is 8.97. The van der Waals surface area contributed by atoms with Crippen LogP contribution >= 0.6 is 43.2 Å². The lowest BCUT2D eigenvalue weighted by molar-refractivity contribution is -0.141. The predicted molar refractivity (Wildman–Crippen MR) is 72.8 cm³/mol. The van der Waals surface area contributed by atoms with Gasteiger partial charge in [0, 0.05) is 13.0 Å². The first-order chi connectivity index (χ1) is 8.40. The maximum Gasteiger partial charge on any atom is 0.326 e. The summed E-state index contributed by atoms with van der Waals surface area (Å²) in [5, 5.41) is 18.6. The monoisotopic (exact) mass is 397 g/mol. The van der Waals surface area contributed by atoms with Gasteiger partial charge in [-0.2, -0.15) is 0 Å². The fourth-order valence-electron chi connectivity index (χ4n) is 1.91. The van der Waals surface area contributed by atoms with E-state index in [1.807, 2.05) is 0 Å². The van der Waals surface area contributed by atoms with E-state index >= 15 is 0 Å². The van der Waals surface area contributed by atoms with E-state index in [4.69, 9.17) is 5.11 Å². The lowest BCUT2D eigenvalue weighted by Gasteiger charge is -2.20. The van der Waals surface area contributed by atoms with Crippen molar-refractivity contribution in [3.63, 3.8) is 0 Å². The molecule has 2 atom stereocenters. The van der Waals surface area contributed by atoms with Crippen LogP contribution in [-0.4, -0.2) is 45.7 Å². The molecule has 1 aliphatic heterocycles. The number of amides is 1. The Labute approximate surface area is 124 Å². The first-order valence-electron chi connectivity index (χ1n) is 5.07. The Morgan fingerprint density at radius 1 is 1.44 bits per heavy atom. The molecule has 1 amide bonds. The summed E-state index contributed by atoms with van der Waals surface area (Å²) in [7, 11) is 0. The molecule has 1 aromatic rings. The van der Waals surface area contributed by atoms with Gasteiger partial charge in [0.25, 0.3) is 5.91 Å². The van der Waals surface area contributed by atoms with Crippen molar-refractivity contribution in [1.82, 2.24) is 4.90 Å². The second-order valence-electron chi connectivity index (χ2n) is 3.94. The van der Waals surface area contributed by atoms with Crippen molar-refractivity contribution >= 4 is 55.1 Å². The number of β-amino-alcohol motifs (C(OH)–C–C–N with tert-alkyl or cyclic N) is 1. The lowest BCUT2D eigenvalue weighted by Crippen LogP contribution is -2.40. The average molecular weight is 399 g/mol. The van der Waals surface area contributed by atoms with Crippen LogP contribution in [0.5, 0.6) is 0 Å². The Morgan fingerprint density at radius 3 is 2.61 bits per heavy atom. The molecule has 0 radical (unpaired) electrons. The van der Waals surface area contributed by atoms with Gasteiger partial charge in [-0.1, -0.05) is 0 Å². The molecule has 0 saturated carbocycles. The van der Waals surface area contributed by atoms with Crippen LogP contribution in [0.4, 0.5) is 0 Å². The Kier molecular flexibility index (Phi) is 4.10. The van der Waals surface area contributed by atoms with Gasteiger partial charge in [0.05, 0.1) is 19.2 Å². The molecule has 1 saturated heterocycles. The van der Waals surface area contributed by atoms with Crippen molar-refractivity contribution in [1.29, 1.82) is 0 Å². The number of carbonyl (C=O) groups is 2. The fourth-order valence-corrected chi connectivity index (χ4v) is 4.69. The number of hydrogen-bond acceptors (Lipinski definition) is 4. The molecule has 2 rings (SSSR count). The highest BCUT2D eigenvalue weighted by Crippen LogP contribution is 2.34. The Balaban J connectivity index is 2.28. The molecule has 8 heteroatoms. The zero-order valence-corrected chi connectivity index (χ0v) is 13.0. The van der Waals surface area contributed by atoms with E-state index in [2.05, 4.69) is 31.9 Å². The van der Waals surface area contributed by atoms with Gasteiger partial charge >= 0.3 is 5.97 Å². The van der Waals surface area contributed by atoms with Crippen LogP contribution in [0, 0.1) is 0 Å². The normalized spacial score (nSPS) is 23.4. The summed E-state index contributed by atoms with van der Waals surface area (Å²) >= 11 is 7.88. The van der Waals surface area contributed by atoms with Crippen LogP contribution in [0.15, 0.2) is 13.6 Å². The third-order valence-corrected chi connectivity index (χ3v) is 5.05. The topological polar surface area (TPSA) is 77.8 Å². The summed E-state index contributed by atoms with van der Waals surface area (Å²) in [4.78, 5) is 24.5. The maximum atomic E-state index is 12.2. The highest BCUT2D eigenvalue weighted by atomic mass is 79.9. The van der Waals surface area contributed by atoms with E-state index < -0.39 is 18.1 Å². The Morgan fingerprint density at radius 2 is 2.11 bits per heavy atom. The highest BCUT2D eigenvalue weighted by Gasteiger charge is 2.39. The van der Waals surface area contributed by atoms with Gasteiger partial charge in [-0.15, -0.1) is 11.3 Å². The molecule has 2 N–H and O–H groups in total. The van der Waals surface area contributed by atoms with Crippen molar-refractivity contribution < 1.29 is 19.8 Å². The van der Waals surface area contributed by atoms with Crippen LogP contribution in [-0.2, 0) is 4.79 Å². The third-order valence-electron chi connectivity index (χ3n) is 2.71. The van der Waals surface area contributed by atoms with Gasteiger partial charge in [0.2, 0.25) is 0 Å². The molecule has 18 heavy (non-hydrogen) atoms. The summed E-state index contributed by atoms with van der Waals surface area (Å²) in [6.45, 7) is 0.0513. The van der Waals surface area contributed by atoms with E-state index in [0.29, 0.717) is 9.35 Å². The summed E-state index contributed by atoms with van der Waals surface area (Å²) in [6, 6.07) is 0.679. The van der Waals surface area contributed by atoms with Gasteiger partial charge in [0.1, 0.15) is 6.04 Å². The Hall–Kier alpha value is -0.440. The molecule has 1 aliphatic rings. The van der Waals surface area contributed by atoms with Gasteiger partial charge in [0.15, 0.2) is 0 Å². The number of carboxylic acids is 1.